The Labute approximate surface area is 149 Å². The molecule has 0 spiro atoms. The number of fused-ring (bicyclic) bond motifs is 1. The van der Waals surface area contributed by atoms with Gasteiger partial charge in [0.1, 0.15) is 5.69 Å². The van der Waals surface area contributed by atoms with Crippen molar-refractivity contribution in [1.82, 2.24) is 33.8 Å². The number of carbonyl (C=O) groups is 1. The number of hydrogen-bond donors (Lipinski definition) is 0. The van der Waals surface area contributed by atoms with Gasteiger partial charge in [-0.2, -0.15) is 0 Å². The van der Waals surface area contributed by atoms with Gasteiger partial charge < -0.3 is 18.6 Å². The lowest BCUT2D eigenvalue weighted by atomic mass is 10.3. The van der Waals surface area contributed by atoms with Gasteiger partial charge in [-0.15, -0.1) is 10.2 Å². The van der Waals surface area contributed by atoms with Crippen LogP contribution in [-0.2, 0) is 26.7 Å². The largest absolute Gasteiger partial charge is 0.330 e. The van der Waals surface area contributed by atoms with Gasteiger partial charge in [0.25, 0.3) is 11.5 Å². The number of rotatable bonds is 3. The molecule has 0 N–H and O–H groups in total. The second-order valence-electron chi connectivity index (χ2n) is 6.31. The molecule has 134 valence electrons. The molecule has 0 bridgehead atoms. The summed E-state index contributed by atoms with van der Waals surface area (Å²) in [5, 5.41) is 8.56. The molecule has 0 saturated carbocycles. The summed E-state index contributed by atoms with van der Waals surface area (Å²) in [5.74, 6) is 1.43. The van der Waals surface area contributed by atoms with Crippen LogP contribution in [0.15, 0.2) is 41.7 Å². The summed E-state index contributed by atoms with van der Waals surface area (Å²) in [6.07, 6.45) is 6.15. The van der Waals surface area contributed by atoms with Crippen LogP contribution < -0.4 is 5.56 Å². The molecule has 0 atom stereocenters. The van der Waals surface area contributed by atoms with Crippen LogP contribution in [0.2, 0.25) is 0 Å². The first-order valence-electron chi connectivity index (χ1n) is 8.45. The monoisotopic (exact) mass is 353 g/mol. The Balaban J connectivity index is 1.59. The molecule has 1 aliphatic rings. The highest BCUT2D eigenvalue weighted by Gasteiger charge is 2.24. The molecule has 0 aliphatic carbocycles. The zero-order valence-electron chi connectivity index (χ0n) is 14.4. The molecule has 0 unspecified atom stereocenters. The minimum absolute atomic E-state index is 0.169. The molecule has 26 heavy (non-hydrogen) atoms. The Bertz CT molecular complexity index is 987. The van der Waals surface area contributed by atoms with E-state index in [1.165, 1.54) is 10.6 Å². The van der Waals surface area contributed by atoms with Gasteiger partial charge in [0.15, 0.2) is 11.6 Å². The van der Waals surface area contributed by atoms with Crippen LogP contribution >= 0.6 is 0 Å². The molecule has 1 aliphatic heterocycles. The van der Waals surface area contributed by atoms with Crippen LogP contribution in [0.4, 0.5) is 0 Å². The Hall–Kier alpha value is -3.23. The third-order valence-electron chi connectivity index (χ3n) is 4.62. The minimum Gasteiger partial charge on any atom is -0.330 e. The summed E-state index contributed by atoms with van der Waals surface area (Å²) in [6, 6.07) is 4.72. The van der Waals surface area contributed by atoms with Crippen molar-refractivity contribution in [3.8, 4) is 0 Å². The van der Waals surface area contributed by atoms with E-state index in [0.29, 0.717) is 25.3 Å². The second-order valence-corrected chi connectivity index (χ2v) is 6.31. The van der Waals surface area contributed by atoms with Crippen molar-refractivity contribution in [3.05, 3.63) is 64.6 Å². The van der Waals surface area contributed by atoms with Crippen molar-refractivity contribution in [3.63, 3.8) is 0 Å². The van der Waals surface area contributed by atoms with E-state index in [2.05, 4.69) is 19.7 Å². The molecule has 0 saturated heterocycles. The molecule has 9 nitrogen and oxygen atoms in total. The van der Waals surface area contributed by atoms with Crippen molar-refractivity contribution in [2.45, 2.75) is 26.1 Å². The summed E-state index contributed by atoms with van der Waals surface area (Å²) in [4.78, 5) is 30.5. The minimum atomic E-state index is -0.198. The van der Waals surface area contributed by atoms with E-state index in [-0.39, 0.29) is 11.5 Å². The highest BCUT2D eigenvalue weighted by Crippen LogP contribution is 2.15. The predicted molar refractivity (Wildman–Crippen MR) is 92.4 cm³/mol. The normalized spacial score (nSPS) is 14.1. The van der Waals surface area contributed by atoms with Crippen LogP contribution in [0.5, 0.6) is 0 Å². The van der Waals surface area contributed by atoms with Gasteiger partial charge in [0.2, 0.25) is 0 Å². The van der Waals surface area contributed by atoms with Gasteiger partial charge in [-0.05, 0) is 12.5 Å². The van der Waals surface area contributed by atoms with Crippen molar-refractivity contribution < 1.29 is 4.79 Å². The van der Waals surface area contributed by atoms with Crippen molar-refractivity contribution in [2.24, 2.45) is 7.05 Å². The van der Waals surface area contributed by atoms with Gasteiger partial charge in [0, 0.05) is 38.6 Å². The molecular formula is C17H19N7O2. The maximum atomic E-state index is 12.9. The summed E-state index contributed by atoms with van der Waals surface area (Å²) in [5.41, 5.74) is 0.181. The Morgan fingerprint density at radius 1 is 1.23 bits per heavy atom. The zero-order chi connectivity index (χ0) is 18.1. The SMILES string of the molecule is Cn1c(C(=O)N2CCCn3c(nnc3Cn3ccnc3)C2)cccc1=O. The number of nitrogens with zero attached hydrogens (tertiary/aromatic N) is 7. The quantitative estimate of drug-likeness (QED) is 0.674. The Kier molecular flexibility index (Phi) is 4.11. The Morgan fingerprint density at radius 3 is 2.92 bits per heavy atom. The van der Waals surface area contributed by atoms with Gasteiger partial charge in [-0.25, -0.2) is 4.98 Å². The average Bonchev–Trinajstić information content (AvgIpc) is 3.22. The van der Waals surface area contributed by atoms with Crippen LogP contribution in [0, 0.1) is 0 Å². The fourth-order valence-electron chi connectivity index (χ4n) is 3.19. The number of pyridine rings is 1. The smallest absolute Gasteiger partial charge is 0.270 e. The van der Waals surface area contributed by atoms with Crippen molar-refractivity contribution >= 4 is 5.91 Å². The number of hydrogen-bond acceptors (Lipinski definition) is 5. The van der Waals surface area contributed by atoms with Gasteiger partial charge >= 0.3 is 0 Å². The van der Waals surface area contributed by atoms with Crippen LogP contribution in [0.25, 0.3) is 0 Å². The summed E-state index contributed by atoms with van der Waals surface area (Å²) < 4.78 is 5.38. The third-order valence-corrected chi connectivity index (χ3v) is 4.62. The van der Waals surface area contributed by atoms with E-state index in [4.69, 9.17) is 0 Å². The lowest BCUT2D eigenvalue weighted by molar-refractivity contribution is 0.0732. The van der Waals surface area contributed by atoms with E-state index >= 15 is 0 Å². The molecule has 1 amide bonds. The zero-order valence-corrected chi connectivity index (χ0v) is 14.4. The lowest BCUT2D eigenvalue weighted by Crippen LogP contribution is -2.35. The molecule has 3 aromatic heterocycles. The standard InChI is InChI=1S/C17H19N7O2/c1-21-13(4-2-5-16(21)25)17(26)23-7-3-8-24-14(19-20-15(24)11-23)10-22-9-6-18-12-22/h2,4-6,9,12H,3,7-8,10-11H2,1H3. The topological polar surface area (TPSA) is 90.8 Å². The van der Waals surface area contributed by atoms with Crippen LogP contribution in [-0.4, -0.2) is 46.2 Å². The molecule has 0 fully saturated rings. The number of carbonyl (C=O) groups excluding carboxylic acids is 1. The second kappa shape index (κ2) is 6.58. The first kappa shape index (κ1) is 16.2. The molecule has 0 aromatic carbocycles. The molecule has 0 radical (unpaired) electrons. The fourth-order valence-corrected chi connectivity index (χ4v) is 3.19. The van der Waals surface area contributed by atoms with Gasteiger partial charge in [0.05, 0.1) is 19.4 Å². The molecule has 4 heterocycles. The summed E-state index contributed by atoms with van der Waals surface area (Å²) in [7, 11) is 1.61. The third kappa shape index (κ3) is 2.92. The van der Waals surface area contributed by atoms with Gasteiger partial charge in [-0.1, -0.05) is 6.07 Å². The van der Waals surface area contributed by atoms with E-state index < -0.39 is 0 Å². The van der Waals surface area contributed by atoms with Crippen LogP contribution in [0.3, 0.4) is 0 Å². The molecule has 4 rings (SSSR count). The maximum absolute atomic E-state index is 12.9. The number of imidazole rings is 1. The fraction of sp³-hybridized carbons (Fsp3) is 0.353. The number of amides is 1. The van der Waals surface area contributed by atoms with E-state index in [1.807, 2.05) is 10.8 Å². The highest BCUT2D eigenvalue weighted by molar-refractivity contribution is 5.92. The van der Waals surface area contributed by atoms with Gasteiger partial charge in [-0.3, -0.25) is 9.59 Å². The maximum Gasteiger partial charge on any atom is 0.270 e. The molecule has 9 heteroatoms. The van der Waals surface area contributed by atoms with E-state index in [9.17, 15) is 9.59 Å². The number of aromatic nitrogens is 6. The average molecular weight is 353 g/mol. The predicted octanol–water partition coefficient (Wildman–Crippen LogP) is 0.268. The summed E-state index contributed by atoms with van der Waals surface area (Å²) >= 11 is 0. The highest BCUT2D eigenvalue weighted by atomic mass is 16.2. The molecular weight excluding hydrogens is 334 g/mol. The van der Waals surface area contributed by atoms with E-state index in [0.717, 1.165) is 24.6 Å². The van der Waals surface area contributed by atoms with E-state index in [1.54, 1.807) is 36.6 Å². The molecule has 3 aromatic rings. The van der Waals surface area contributed by atoms with Crippen molar-refractivity contribution in [2.75, 3.05) is 6.54 Å². The van der Waals surface area contributed by atoms with Crippen LogP contribution in [0.1, 0.15) is 28.6 Å². The van der Waals surface area contributed by atoms with Crippen molar-refractivity contribution in [1.29, 1.82) is 0 Å². The Morgan fingerprint density at radius 2 is 2.12 bits per heavy atom. The lowest BCUT2D eigenvalue weighted by Gasteiger charge is -2.20. The first-order valence-corrected chi connectivity index (χ1v) is 8.45. The summed E-state index contributed by atoms with van der Waals surface area (Å²) in [6.45, 7) is 2.33. The first-order chi connectivity index (χ1) is 12.6.